The fourth-order valence-electron chi connectivity index (χ4n) is 1.64. The third kappa shape index (κ3) is 3.97. The van der Waals surface area contributed by atoms with E-state index >= 15 is 0 Å². The first-order valence-corrected chi connectivity index (χ1v) is 5.42. The highest BCUT2D eigenvalue weighted by molar-refractivity contribution is 6.59. The smallest absolute Gasteiger partial charge is 0.481 e. The summed E-state index contributed by atoms with van der Waals surface area (Å²) in [7, 11) is -2.23. The summed E-state index contributed by atoms with van der Waals surface area (Å²) in [5.41, 5.74) is -1.65. The van der Waals surface area contributed by atoms with Gasteiger partial charge >= 0.3 is 19.3 Å². The minimum Gasteiger partial charge on any atom is -0.481 e. The molecule has 0 spiro atoms. The number of benzene rings is 1. The molecule has 0 aromatic heterocycles. The zero-order valence-corrected chi connectivity index (χ0v) is 9.98. The van der Waals surface area contributed by atoms with Crippen LogP contribution in [-0.4, -0.2) is 28.2 Å². The van der Waals surface area contributed by atoms with E-state index in [4.69, 9.17) is 15.2 Å². The van der Waals surface area contributed by atoms with Crippen LogP contribution < -0.4 is 5.46 Å². The first-order chi connectivity index (χ1) is 8.62. The summed E-state index contributed by atoms with van der Waals surface area (Å²) in [4.78, 5) is 10.7. The van der Waals surface area contributed by atoms with Gasteiger partial charge in [-0.3, -0.25) is 4.79 Å². The Hall–Kier alpha value is -1.54. The number of hydrogen-bond donors (Lipinski definition) is 3. The van der Waals surface area contributed by atoms with E-state index in [2.05, 4.69) is 0 Å². The van der Waals surface area contributed by atoms with Crippen LogP contribution in [0.3, 0.4) is 0 Å². The lowest BCUT2D eigenvalue weighted by atomic mass is 9.76. The van der Waals surface area contributed by atoms with Crippen molar-refractivity contribution in [3.8, 4) is 0 Å². The summed E-state index contributed by atoms with van der Waals surface area (Å²) < 4.78 is 38.2. The molecule has 1 atom stereocenters. The molecule has 8 heteroatoms. The molecule has 3 N–H and O–H groups in total. The molecule has 1 rings (SSSR count). The quantitative estimate of drug-likeness (QED) is 0.705. The molecule has 104 valence electrons. The molecule has 0 radical (unpaired) electrons. The molecule has 0 unspecified atom stereocenters. The average molecular weight is 276 g/mol. The number of halogens is 3. The third-order valence-corrected chi connectivity index (χ3v) is 2.66. The average Bonchev–Trinajstić information content (AvgIpc) is 2.27. The van der Waals surface area contributed by atoms with E-state index in [0.717, 1.165) is 12.1 Å². The Labute approximate surface area is 107 Å². The van der Waals surface area contributed by atoms with Crippen molar-refractivity contribution in [3.05, 3.63) is 29.3 Å². The Morgan fingerprint density at radius 1 is 1.37 bits per heavy atom. The molecular formula is C11H12BF3O4. The lowest BCUT2D eigenvalue weighted by molar-refractivity contribution is -0.141. The van der Waals surface area contributed by atoms with E-state index in [1.807, 2.05) is 0 Å². The van der Waals surface area contributed by atoms with Gasteiger partial charge in [0.25, 0.3) is 0 Å². The molecule has 0 saturated carbocycles. The van der Waals surface area contributed by atoms with Crippen molar-refractivity contribution < 1.29 is 33.1 Å². The molecule has 0 fully saturated rings. The number of aliphatic carboxylic acids is 1. The van der Waals surface area contributed by atoms with Crippen LogP contribution in [0.4, 0.5) is 13.2 Å². The third-order valence-electron chi connectivity index (χ3n) is 2.66. The monoisotopic (exact) mass is 276 g/mol. The Kier molecular flexibility index (Phi) is 4.59. The van der Waals surface area contributed by atoms with Gasteiger partial charge in [0.1, 0.15) is 0 Å². The van der Waals surface area contributed by atoms with E-state index in [-0.39, 0.29) is 12.0 Å². The number of alkyl halides is 3. The molecule has 0 aliphatic carbocycles. The summed E-state index contributed by atoms with van der Waals surface area (Å²) in [6, 6.07) is 2.94. The predicted octanol–water partition coefficient (Wildman–Crippen LogP) is 0.648. The molecule has 1 aromatic carbocycles. The van der Waals surface area contributed by atoms with Gasteiger partial charge in [0.05, 0.1) is 11.5 Å². The minimum absolute atomic E-state index is 0.0692. The Bertz CT molecular complexity index is 473. The van der Waals surface area contributed by atoms with E-state index < -0.39 is 36.2 Å². The van der Waals surface area contributed by atoms with Crippen molar-refractivity contribution >= 4 is 18.6 Å². The van der Waals surface area contributed by atoms with Crippen molar-refractivity contribution in [2.75, 3.05) is 0 Å². The molecule has 0 saturated heterocycles. The van der Waals surface area contributed by atoms with Crippen molar-refractivity contribution in [2.24, 2.45) is 5.92 Å². The van der Waals surface area contributed by atoms with Crippen LogP contribution in [0.5, 0.6) is 0 Å². The van der Waals surface area contributed by atoms with Crippen molar-refractivity contribution in [1.29, 1.82) is 0 Å². The molecular weight excluding hydrogens is 264 g/mol. The summed E-state index contributed by atoms with van der Waals surface area (Å²) >= 11 is 0. The van der Waals surface area contributed by atoms with Gasteiger partial charge in [0.2, 0.25) is 0 Å². The second-order valence-electron chi connectivity index (χ2n) is 4.24. The lowest BCUT2D eigenvalue weighted by Crippen LogP contribution is -2.36. The first-order valence-electron chi connectivity index (χ1n) is 5.42. The SMILES string of the molecule is C[C@@H](Cc1ccc(B(O)O)c(C(F)(F)F)c1)C(=O)O. The fraction of sp³-hybridized carbons (Fsp3) is 0.364. The molecule has 19 heavy (non-hydrogen) atoms. The number of hydrogen-bond acceptors (Lipinski definition) is 3. The van der Waals surface area contributed by atoms with Gasteiger partial charge < -0.3 is 15.2 Å². The van der Waals surface area contributed by atoms with E-state index in [1.54, 1.807) is 0 Å². The zero-order chi connectivity index (χ0) is 14.8. The fourth-order valence-corrected chi connectivity index (χ4v) is 1.64. The standard InChI is InChI=1S/C11H12BF3O4/c1-6(10(16)17)4-7-2-3-9(12(18)19)8(5-7)11(13,14)15/h2-3,5-6,18-19H,4H2,1H3,(H,16,17)/t6-/m0/s1. The maximum Gasteiger partial charge on any atom is 0.489 e. The summed E-state index contributed by atoms with van der Waals surface area (Å²) in [5, 5.41) is 26.5. The van der Waals surface area contributed by atoms with E-state index in [0.29, 0.717) is 0 Å². The van der Waals surface area contributed by atoms with Gasteiger partial charge in [0, 0.05) is 0 Å². The summed E-state index contributed by atoms with van der Waals surface area (Å²) in [5.74, 6) is -1.94. The summed E-state index contributed by atoms with van der Waals surface area (Å²) in [6.45, 7) is 1.38. The molecule has 0 aliphatic heterocycles. The second kappa shape index (κ2) is 5.62. The maximum absolute atomic E-state index is 12.7. The summed E-state index contributed by atoms with van der Waals surface area (Å²) in [6.07, 6.45) is -4.80. The Balaban J connectivity index is 3.16. The van der Waals surface area contributed by atoms with Crippen LogP contribution in [0.15, 0.2) is 18.2 Å². The number of carbonyl (C=O) groups is 1. The van der Waals surface area contributed by atoms with Gasteiger partial charge in [-0.1, -0.05) is 19.1 Å². The predicted molar refractivity (Wildman–Crippen MR) is 61.8 cm³/mol. The van der Waals surface area contributed by atoms with Gasteiger partial charge in [0.15, 0.2) is 0 Å². The second-order valence-corrected chi connectivity index (χ2v) is 4.24. The molecule has 0 amide bonds. The largest absolute Gasteiger partial charge is 0.489 e. The number of rotatable bonds is 4. The minimum atomic E-state index is -4.73. The van der Waals surface area contributed by atoms with Crippen molar-refractivity contribution in [3.63, 3.8) is 0 Å². The van der Waals surface area contributed by atoms with Gasteiger partial charge in [-0.2, -0.15) is 13.2 Å². The first kappa shape index (κ1) is 15.5. The van der Waals surface area contributed by atoms with E-state index in [9.17, 15) is 18.0 Å². The Morgan fingerprint density at radius 2 is 1.95 bits per heavy atom. The van der Waals surface area contributed by atoms with Crippen molar-refractivity contribution in [1.82, 2.24) is 0 Å². The van der Waals surface area contributed by atoms with Crippen LogP contribution in [0, 0.1) is 5.92 Å². The van der Waals surface area contributed by atoms with Gasteiger partial charge in [-0.05, 0) is 23.5 Å². The van der Waals surface area contributed by atoms with E-state index in [1.165, 1.54) is 13.0 Å². The molecule has 4 nitrogen and oxygen atoms in total. The van der Waals surface area contributed by atoms with Crippen molar-refractivity contribution in [2.45, 2.75) is 19.5 Å². The van der Waals surface area contributed by atoms with Crippen LogP contribution >= 0.6 is 0 Å². The number of carboxylic acid groups (broad SMARTS) is 1. The topological polar surface area (TPSA) is 77.8 Å². The zero-order valence-electron chi connectivity index (χ0n) is 9.98. The molecule has 0 aliphatic rings. The highest BCUT2D eigenvalue weighted by Crippen LogP contribution is 2.29. The molecule has 0 heterocycles. The maximum atomic E-state index is 12.7. The normalized spacial score (nSPS) is 13.2. The Morgan fingerprint density at radius 3 is 2.37 bits per heavy atom. The molecule has 0 bridgehead atoms. The lowest BCUT2D eigenvalue weighted by Gasteiger charge is -2.15. The van der Waals surface area contributed by atoms with Crippen LogP contribution in [0.1, 0.15) is 18.1 Å². The van der Waals surface area contributed by atoms with Crippen LogP contribution in [-0.2, 0) is 17.4 Å². The van der Waals surface area contributed by atoms with Crippen LogP contribution in [0.2, 0.25) is 0 Å². The van der Waals surface area contributed by atoms with Gasteiger partial charge in [-0.15, -0.1) is 0 Å². The van der Waals surface area contributed by atoms with Crippen LogP contribution in [0.25, 0.3) is 0 Å². The highest BCUT2D eigenvalue weighted by atomic mass is 19.4. The van der Waals surface area contributed by atoms with Gasteiger partial charge in [-0.25, -0.2) is 0 Å². The highest BCUT2D eigenvalue weighted by Gasteiger charge is 2.36. The molecule has 1 aromatic rings. The number of carboxylic acids is 1.